The van der Waals surface area contributed by atoms with E-state index in [-0.39, 0.29) is 22.7 Å². The molecular weight excluding hydrogens is 468 g/mol. The van der Waals surface area contributed by atoms with E-state index in [1.165, 1.54) is 12.1 Å². The largest absolute Gasteiger partial charge is 0.378 e. The highest BCUT2D eigenvalue weighted by Crippen LogP contribution is 2.23. The van der Waals surface area contributed by atoms with Crippen molar-refractivity contribution in [2.24, 2.45) is 5.41 Å². The molecule has 0 aliphatic carbocycles. The zero-order valence-electron chi connectivity index (χ0n) is 18.4. The van der Waals surface area contributed by atoms with Crippen LogP contribution in [0, 0.1) is 5.41 Å². The molecule has 178 valence electrons. The van der Waals surface area contributed by atoms with E-state index < -0.39 is 15.4 Å². The molecule has 0 unspecified atom stereocenters. The summed E-state index contributed by atoms with van der Waals surface area (Å²) in [4.78, 5) is 26.2. The fourth-order valence-electron chi connectivity index (χ4n) is 2.91. The number of nitrogens with one attached hydrogen (secondary N) is 3. The molecule has 0 atom stereocenters. The highest BCUT2D eigenvalue weighted by Gasteiger charge is 2.26. The molecule has 1 aliphatic rings. The van der Waals surface area contributed by atoms with Gasteiger partial charge < -0.3 is 20.3 Å². The summed E-state index contributed by atoms with van der Waals surface area (Å²) in [7, 11) is -3.90. The van der Waals surface area contributed by atoms with Crippen molar-refractivity contribution >= 4 is 50.6 Å². The number of anilines is 3. The van der Waals surface area contributed by atoms with Crippen LogP contribution in [0.1, 0.15) is 13.8 Å². The molecule has 3 rings (SSSR count). The molecule has 0 radical (unpaired) electrons. The molecule has 1 fully saturated rings. The SMILES string of the molecule is CC(C)(CCl)C(=O)Nc1ccc(NS(=O)(=O)c2cccc(NC(=O)N3CCOCC3)c2)cc1. The Balaban J connectivity index is 1.66. The van der Waals surface area contributed by atoms with Crippen LogP contribution in [0.4, 0.5) is 21.9 Å². The number of ether oxygens (including phenoxy) is 1. The number of benzene rings is 2. The van der Waals surface area contributed by atoms with Crippen molar-refractivity contribution in [3.8, 4) is 0 Å². The van der Waals surface area contributed by atoms with Crippen LogP contribution < -0.4 is 15.4 Å². The Labute approximate surface area is 198 Å². The number of morpholine rings is 1. The van der Waals surface area contributed by atoms with Crippen LogP contribution in [0.25, 0.3) is 0 Å². The van der Waals surface area contributed by atoms with Crippen molar-refractivity contribution in [3.63, 3.8) is 0 Å². The molecule has 2 aromatic rings. The van der Waals surface area contributed by atoms with Crippen molar-refractivity contribution in [2.45, 2.75) is 18.7 Å². The molecule has 0 aromatic heterocycles. The lowest BCUT2D eigenvalue weighted by Crippen LogP contribution is -2.43. The second-order valence-electron chi connectivity index (χ2n) is 8.21. The summed E-state index contributed by atoms with van der Waals surface area (Å²) < 4.78 is 33.4. The van der Waals surface area contributed by atoms with E-state index in [9.17, 15) is 18.0 Å². The maximum absolute atomic E-state index is 12.8. The Kier molecular flexibility index (Phi) is 7.83. The Morgan fingerprint density at radius 3 is 2.27 bits per heavy atom. The normalized spacial score (nSPS) is 14.5. The van der Waals surface area contributed by atoms with E-state index >= 15 is 0 Å². The van der Waals surface area contributed by atoms with E-state index in [0.717, 1.165) is 0 Å². The maximum Gasteiger partial charge on any atom is 0.322 e. The lowest BCUT2D eigenvalue weighted by atomic mass is 9.95. The van der Waals surface area contributed by atoms with Crippen LogP contribution in [-0.2, 0) is 19.6 Å². The van der Waals surface area contributed by atoms with E-state index in [1.807, 2.05) is 0 Å². The van der Waals surface area contributed by atoms with Gasteiger partial charge >= 0.3 is 6.03 Å². The van der Waals surface area contributed by atoms with Crippen molar-refractivity contribution in [2.75, 3.05) is 47.5 Å². The Bertz CT molecular complexity index is 1100. The number of nitrogens with zero attached hydrogens (tertiary/aromatic N) is 1. The highest BCUT2D eigenvalue weighted by atomic mass is 35.5. The second kappa shape index (κ2) is 10.4. The number of halogens is 1. The Morgan fingerprint density at radius 2 is 1.64 bits per heavy atom. The number of amides is 3. The zero-order valence-corrected chi connectivity index (χ0v) is 20.0. The molecule has 0 spiro atoms. The fourth-order valence-corrected chi connectivity index (χ4v) is 4.13. The summed E-state index contributed by atoms with van der Waals surface area (Å²) in [5.74, 6) is -0.0651. The first-order valence-electron chi connectivity index (χ1n) is 10.3. The van der Waals surface area contributed by atoms with Crippen LogP contribution in [0.15, 0.2) is 53.4 Å². The summed E-state index contributed by atoms with van der Waals surface area (Å²) >= 11 is 5.82. The van der Waals surface area contributed by atoms with Gasteiger partial charge in [0.1, 0.15) is 0 Å². The molecule has 1 heterocycles. The molecule has 2 aromatic carbocycles. The third kappa shape index (κ3) is 6.59. The summed E-state index contributed by atoms with van der Waals surface area (Å²) in [5.41, 5.74) is 0.486. The lowest BCUT2D eigenvalue weighted by Gasteiger charge is -2.27. The molecule has 11 heteroatoms. The molecule has 33 heavy (non-hydrogen) atoms. The molecule has 0 bridgehead atoms. The standard InChI is InChI=1S/C22H27ClN4O5S/c1-22(2,15-23)20(28)24-16-6-8-17(9-7-16)26-33(30,31)19-5-3-4-18(14-19)25-21(29)27-10-12-32-13-11-27/h3-9,14,26H,10-13,15H2,1-2H3,(H,24,28)(H,25,29). The molecule has 0 saturated carbocycles. The Morgan fingerprint density at radius 1 is 1.00 bits per heavy atom. The molecule has 3 N–H and O–H groups in total. The van der Waals surface area contributed by atoms with Gasteiger partial charge in [0, 0.05) is 36.0 Å². The van der Waals surface area contributed by atoms with Gasteiger partial charge in [-0.05, 0) is 56.3 Å². The monoisotopic (exact) mass is 494 g/mol. The average Bonchev–Trinajstić information content (AvgIpc) is 2.81. The van der Waals surface area contributed by atoms with E-state index in [1.54, 1.807) is 55.1 Å². The predicted molar refractivity (Wildman–Crippen MR) is 128 cm³/mol. The van der Waals surface area contributed by atoms with Crippen molar-refractivity contribution in [1.82, 2.24) is 4.90 Å². The summed E-state index contributed by atoms with van der Waals surface area (Å²) in [6, 6.07) is 12.0. The van der Waals surface area contributed by atoms with Crippen LogP contribution in [0.5, 0.6) is 0 Å². The quantitative estimate of drug-likeness (QED) is 0.509. The van der Waals surface area contributed by atoms with E-state index in [4.69, 9.17) is 16.3 Å². The van der Waals surface area contributed by atoms with Gasteiger partial charge in [0.2, 0.25) is 5.91 Å². The second-order valence-corrected chi connectivity index (χ2v) is 10.2. The first-order valence-corrected chi connectivity index (χ1v) is 12.4. The lowest BCUT2D eigenvalue weighted by molar-refractivity contribution is -0.122. The van der Waals surface area contributed by atoms with Crippen LogP contribution >= 0.6 is 11.6 Å². The minimum absolute atomic E-state index is 0.00326. The van der Waals surface area contributed by atoms with Crippen molar-refractivity contribution in [1.29, 1.82) is 0 Å². The Hall–Kier alpha value is -2.82. The third-order valence-electron chi connectivity index (χ3n) is 5.04. The summed E-state index contributed by atoms with van der Waals surface area (Å²) in [6.45, 7) is 5.36. The molecule has 9 nitrogen and oxygen atoms in total. The van der Waals surface area contributed by atoms with Crippen LogP contribution in [-0.4, -0.2) is 57.4 Å². The summed E-state index contributed by atoms with van der Waals surface area (Å²) in [5, 5.41) is 5.48. The minimum Gasteiger partial charge on any atom is -0.378 e. The number of sulfonamides is 1. The third-order valence-corrected chi connectivity index (χ3v) is 7.08. The van der Waals surface area contributed by atoms with Gasteiger partial charge in [-0.2, -0.15) is 0 Å². The van der Waals surface area contributed by atoms with Gasteiger partial charge in [-0.1, -0.05) is 6.07 Å². The minimum atomic E-state index is -3.90. The predicted octanol–water partition coefficient (Wildman–Crippen LogP) is 3.56. The number of rotatable bonds is 7. The molecular formula is C22H27ClN4O5S. The number of alkyl halides is 1. The van der Waals surface area contributed by atoms with Gasteiger partial charge in [0.15, 0.2) is 0 Å². The fraction of sp³-hybridized carbons (Fsp3) is 0.364. The van der Waals surface area contributed by atoms with E-state index in [2.05, 4.69) is 15.4 Å². The number of carbonyl (C=O) groups is 2. The highest BCUT2D eigenvalue weighted by molar-refractivity contribution is 7.92. The number of hydrogen-bond acceptors (Lipinski definition) is 5. The van der Waals surface area contributed by atoms with Gasteiger partial charge in [-0.25, -0.2) is 13.2 Å². The smallest absolute Gasteiger partial charge is 0.322 e. The van der Waals surface area contributed by atoms with Crippen LogP contribution in [0.2, 0.25) is 0 Å². The van der Waals surface area contributed by atoms with Gasteiger partial charge in [0.05, 0.1) is 23.5 Å². The van der Waals surface area contributed by atoms with Crippen molar-refractivity contribution < 1.29 is 22.7 Å². The van der Waals surface area contributed by atoms with Gasteiger partial charge in [-0.3, -0.25) is 9.52 Å². The summed E-state index contributed by atoms with van der Waals surface area (Å²) in [6.07, 6.45) is 0. The molecule has 1 aliphatic heterocycles. The first-order chi connectivity index (χ1) is 15.6. The molecule has 3 amide bonds. The first kappa shape index (κ1) is 24.8. The zero-order chi connectivity index (χ0) is 24.1. The van der Waals surface area contributed by atoms with Crippen molar-refractivity contribution in [3.05, 3.63) is 48.5 Å². The molecule has 1 saturated heterocycles. The number of hydrogen-bond donors (Lipinski definition) is 3. The van der Waals surface area contributed by atoms with Crippen LogP contribution in [0.3, 0.4) is 0 Å². The maximum atomic E-state index is 12.8. The van der Waals surface area contributed by atoms with Gasteiger partial charge in [-0.15, -0.1) is 11.6 Å². The number of urea groups is 1. The number of carbonyl (C=O) groups excluding carboxylic acids is 2. The van der Waals surface area contributed by atoms with E-state index in [0.29, 0.717) is 43.4 Å². The topological polar surface area (TPSA) is 117 Å². The van der Waals surface area contributed by atoms with Gasteiger partial charge in [0.25, 0.3) is 10.0 Å². The average molecular weight is 495 g/mol.